The second-order valence-electron chi connectivity index (χ2n) is 6.55. The largest absolute Gasteiger partial charge is 0.366 e. The van der Waals surface area contributed by atoms with Crippen molar-refractivity contribution in [3.05, 3.63) is 34.9 Å². The third kappa shape index (κ3) is 2.49. The number of rotatable bonds is 1. The molecule has 1 saturated heterocycles. The quantitative estimate of drug-likeness (QED) is 0.780. The number of hydrogen-bond acceptors (Lipinski definition) is 3. The van der Waals surface area contributed by atoms with Gasteiger partial charge in [-0.1, -0.05) is 23.7 Å². The van der Waals surface area contributed by atoms with Crippen molar-refractivity contribution in [2.24, 2.45) is 5.41 Å². The SMILES string of the molecule is CC1(C)C(=O)ON(C(C)(C)C)[C@H]1c1ccc(Cl)cc1. The number of benzene rings is 1. The molecule has 1 aliphatic heterocycles. The number of hydrogen-bond donors (Lipinski definition) is 0. The first-order valence-electron chi connectivity index (χ1n) is 6.41. The minimum Gasteiger partial charge on any atom is -0.366 e. The van der Waals surface area contributed by atoms with Gasteiger partial charge in [-0.2, -0.15) is 0 Å². The van der Waals surface area contributed by atoms with Gasteiger partial charge in [0.25, 0.3) is 0 Å². The third-order valence-corrected chi connectivity index (χ3v) is 3.72. The first-order chi connectivity index (χ1) is 8.64. The maximum absolute atomic E-state index is 12.1. The van der Waals surface area contributed by atoms with Gasteiger partial charge in [-0.05, 0) is 52.3 Å². The molecule has 0 radical (unpaired) electrons. The van der Waals surface area contributed by atoms with Gasteiger partial charge in [0.15, 0.2) is 0 Å². The Balaban J connectivity index is 2.48. The minimum absolute atomic E-state index is 0.114. The number of hydroxylamine groups is 2. The van der Waals surface area contributed by atoms with Crippen molar-refractivity contribution in [3.63, 3.8) is 0 Å². The van der Waals surface area contributed by atoms with Crippen LogP contribution in [0, 0.1) is 5.41 Å². The Morgan fingerprint density at radius 1 is 1.21 bits per heavy atom. The molecule has 0 saturated carbocycles. The summed E-state index contributed by atoms with van der Waals surface area (Å²) in [6.45, 7) is 9.93. The lowest BCUT2D eigenvalue weighted by Crippen LogP contribution is -2.41. The van der Waals surface area contributed by atoms with Crippen LogP contribution in [0.4, 0.5) is 0 Å². The van der Waals surface area contributed by atoms with Crippen molar-refractivity contribution in [1.82, 2.24) is 5.06 Å². The molecule has 0 N–H and O–H groups in total. The number of carbonyl (C=O) groups is 1. The predicted molar refractivity (Wildman–Crippen MR) is 75.7 cm³/mol. The molecule has 0 amide bonds. The van der Waals surface area contributed by atoms with Gasteiger partial charge >= 0.3 is 5.97 Å². The summed E-state index contributed by atoms with van der Waals surface area (Å²) in [6.07, 6.45) is 0. The second kappa shape index (κ2) is 4.50. The zero-order chi connectivity index (χ0) is 14.4. The summed E-state index contributed by atoms with van der Waals surface area (Å²) in [5, 5.41) is 2.48. The van der Waals surface area contributed by atoms with Gasteiger partial charge in [-0.25, -0.2) is 4.79 Å². The Bertz CT molecular complexity index is 488. The Morgan fingerprint density at radius 2 is 1.74 bits per heavy atom. The highest BCUT2D eigenvalue weighted by Gasteiger charge is 2.54. The van der Waals surface area contributed by atoms with E-state index in [-0.39, 0.29) is 17.6 Å². The Morgan fingerprint density at radius 3 is 2.21 bits per heavy atom. The van der Waals surface area contributed by atoms with Crippen LogP contribution in [0.1, 0.15) is 46.2 Å². The van der Waals surface area contributed by atoms with Gasteiger partial charge in [0, 0.05) is 10.6 Å². The molecular formula is C15H20ClNO2. The molecule has 1 aromatic carbocycles. The second-order valence-corrected chi connectivity index (χ2v) is 6.99. The van der Waals surface area contributed by atoms with Crippen LogP contribution in [0.15, 0.2) is 24.3 Å². The van der Waals surface area contributed by atoms with Crippen LogP contribution in [0.2, 0.25) is 5.02 Å². The van der Waals surface area contributed by atoms with Crippen molar-refractivity contribution >= 4 is 17.6 Å². The molecule has 0 spiro atoms. The van der Waals surface area contributed by atoms with Crippen LogP contribution >= 0.6 is 11.6 Å². The lowest BCUT2D eigenvalue weighted by Gasteiger charge is -2.36. The zero-order valence-corrected chi connectivity index (χ0v) is 12.8. The van der Waals surface area contributed by atoms with Gasteiger partial charge in [0.1, 0.15) is 0 Å². The summed E-state index contributed by atoms with van der Waals surface area (Å²) in [4.78, 5) is 17.6. The molecule has 0 aliphatic carbocycles. The van der Waals surface area contributed by atoms with E-state index in [0.29, 0.717) is 5.02 Å². The molecule has 1 fully saturated rings. The third-order valence-electron chi connectivity index (χ3n) is 3.47. The van der Waals surface area contributed by atoms with E-state index < -0.39 is 5.41 Å². The van der Waals surface area contributed by atoms with E-state index in [0.717, 1.165) is 5.56 Å². The summed E-state index contributed by atoms with van der Waals surface area (Å²) in [5.74, 6) is -0.192. The van der Waals surface area contributed by atoms with Crippen molar-refractivity contribution < 1.29 is 9.63 Å². The first-order valence-corrected chi connectivity index (χ1v) is 6.79. The van der Waals surface area contributed by atoms with Crippen LogP contribution in [0.5, 0.6) is 0 Å². The van der Waals surface area contributed by atoms with E-state index in [2.05, 4.69) is 0 Å². The summed E-state index contributed by atoms with van der Waals surface area (Å²) < 4.78 is 0. The molecule has 0 unspecified atom stereocenters. The van der Waals surface area contributed by atoms with Crippen molar-refractivity contribution in [3.8, 4) is 0 Å². The monoisotopic (exact) mass is 281 g/mol. The Labute approximate surface area is 119 Å². The summed E-state index contributed by atoms with van der Waals surface area (Å²) in [6, 6.07) is 7.48. The van der Waals surface area contributed by atoms with Crippen molar-refractivity contribution in [1.29, 1.82) is 0 Å². The molecule has 4 heteroatoms. The molecule has 104 valence electrons. The number of halogens is 1. The lowest BCUT2D eigenvalue weighted by molar-refractivity contribution is -0.200. The molecule has 1 atom stereocenters. The molecule has 1 aromatic rings. The number of nitrogens with zero attached hydrogens (tertiary/aromatic N) is 1. The maximum atomic E-state index is 12.1. The smallest absolute Gasteiger partial charge is 0.332 e. The molecule has 19 heavy (non-hydrogen) atoms. The molecular weight excluding hydrogens is 262 g/mol. The molecule has 0 aromatic heterocycles. The highest BCUT2D eigenvalue weighted by molar-refractivity contribution is 6.30. The van der Waals surface area contributed by atoms with E-state index in [1.165, 1.54) is 0 Å². The van der Waals surface area contributed by atoms with Gasteiger partial charge in [0.2, 0.25) is 0 Å². The van der Waals surface area contributed by atoms with E-state index >= 15 is 0 Å². The average Bonchev–Trinajstić information content (AvgIpc) is 2.52. The van der Waals surface area contributed by atoms with Gasteiger partial charge in [0.05, 0.1) is 11.5 Å². The highest BCUT2D eigenvalue weighted by atomic mass is 35.5. The van der Waals surface area contributed by atoms with Crippen LogP contribution in [0.25, 0.3) is 0 Å². The Kier molecular flexibility index (Phi) is 3.40. The minimum atomic E-state index is -0.582. The standard InChI is InChI=1S/C15H20ClNO2/c1-14(2,3)17-12(15(4,5)13(18)19-17)10-6-8-11(16)9-7-10/h6-9,12H,1-5H3/t12-/m0/s1. The molecule has 0 bridgehead atoms. The summed E-state index contributed by atoms with van der Waals surface area (Å²) in [5.41, 5.74) is 0.199. The molecule has 3 nitrogen and oxygen atoms in total. The topological polar surface area (TPSA) is 29.5 Å². The van der Waals surface area contributed by atoms with Crippen LogP contribution in [-0.4, -0.2) is 16.6 Å². The molecule has 2 rings (SSSR count). The fourth-order valence-corrected chi connectivity index (χ4v) is 2.51. The Hall–Kier alpha value is -1.06. The van der Waals surface area contributed by atoms with E-state index in [4.69, 9.17) is 16.4 Å². The fraction of sp³-hybridized carbons (Fsp3) is 0.533. The molecule has 1 heterocycles. The summed E-state index contributed by atoms with van der Waals surface area (Å²) >= 11 is 5.93. The van der Waals surface area contributed by atoms with Crippen LogP contribution < -0.4 is 0 Å². The van der Waals surface area contributed by atoms with Gasteiger partial charge in [-0.3, -0.25) is 0 Å². The first kappa shape index (κ1) is 14.4. The average molecular weight is 282 g/mol. The highest BCUT2D eigenvalue weighted by Crippen LogP contribution is 2.48. The number of carbonyl (C=O) groups excluding carboxylic acids is 1. The van der Waals surface area contributed by atoms with E-state index in [9.17, 15) is 4.79 Å². The van der Waals surface area contributed by atoms with Gasteiger partial charge in [-0.15, -0.1) is 5.06 Å². The van der Waals surface area contributed by atoms with Gasteiger partial charge < -0.3 is 4.84 Å². The zero-order valence-electron chi connectivity index (χ0n) is 12.0. The fourth-order valence-electron chi connectivity index (χ4n) is 2.39. The van der Waals surface area contributed by atoms with Crippen molar-refractivity contribution in [2.45, 2.75) is 46.2 Å². The van der Waals surface area contributed by atoms with Crippen molar-refractivity contribution in [2.75, 3.05) is 0 Å². The normalized spacial score (nSPS) is 23.5. The van der Waals surface area contributed by atoms with E-state index in [1.807, 2.05) is 58.9 Å². The summed E-state index contributed by atoms with van der Waals surface area (Å²) in [7, 11) is 0. The molecule has 1 aliphatic rings. The van der Waals surface area contributed by atoms with E-state index in [1.54, 1.807) is 5.06 Å². The predicted octanol–water partition coefficient (Wildman–Crippen LogP) is 3.98. The lowest BCUT2D eigenvalue weighted by atomic mass is 9.80. The maximum Gasteiger partial charge on any atom is 0.332 e. The van der Waals surface area contributed by atoms with Crippen LogP contribution in [-0.2, 0) is 9.63 Å². The van der Waals surface area contributed by atoms with Crippen LogP contribution in [0.3, 0.4) is 0 Å².